The molecule has 0 unspecified atom stereocenters. The molecule has 0 aliphatic carbocycles. The summed E-state index contributed by atoms with van der Waals surface area (Å²) in [6.07, 6.45) is 2.16. The summed E-state index contributed by atoms with van der Waals surface area (Å²) in [5.41, 5.74) is 1.22. The molecule has 4 heteroatoms. The maximum atomic E-state index is 11.3. The molecular weight excluding hydrogens is 280 g/mol. The lowest BCUT2D eigenvalue weighted by molar-refractivity contribution is -0.142. The summed E-state index contributed by atoms with van der Waals surface area (Å²) in [5, 5.41) is 9.27. The average Bonchev–Trinajstić information content (AvgIpc) is 2.45. The highest BCUT2D eigenvalue weighted by Crippen LogP contribution is 2.25. The van der Waals surface area contributed by atoms with E-state index in [-0.39, 0.29) is 11.3 Å². The molecule has 0 radical (unpaired) electrons. The molecule has 0 spiro atoms. The lowest BCUT2D eigenvalue weighted by Gasteiger charge is -2.21. The minimum atomic E-state index is -0.725. The summed E-state index contributed by atoms with van der Waals surface area (Å²) in [5.74, 6) is -0.232. The summed E-state index contributed by atoms with van der Waals surface area (Å²) in [6.45, 7) is 7.35. The van der Waals surface area contributed by atoms with Gasteiger partial charge in [0.15, 0.2) is 0 Å². The number of hydrogen-bond acceptors (Lipinski definition) is 3. The summed E-state index contributed by atoms with van der Waals surface area (Å²) in [6, 6.07) is 7.68. The van der Waals surface area contributed by atoms with Crippen molar-refractivity contribution in [3.05, 3.63) is 29.8 Å². The Kier molecular flexibility index (Phi) is 7.39. The van der Waals surface area contributed by atoms with Gasteiger partial charge in [-0.2, -0.15) is 0 Å². The van der Waals surface area contributed by atoms with Gasteiger partial charge in [-0.15, -0.1) is 0 Å². The summed E-state index contributed by atoms with van der Waals surface area (Å²) >= 11 is 0. The third-order valence-corrected chi connectivity index (χ3v) is 3.63. The van der Waals surface area contributed by atoms with Crippen molar-refractivity contribution in [1.82, 2.24) is 0 Å². The lowest BCUT2D eigenvalue weighted by atomic mass is 9.86. The first kappa shape index (κ1) is 18.5. The number of hydrogen-bond donors (Lipinski definition) is 1. The van der Waals surface area contributed by atoms with Gasteiger partial charge < -0.3 is 14.6 Å². The third kappa shape index (κ3) is 7.46. The van der Waals surface area contributed by atoms with Gasteiger partial charge in [-0.05, 0) is 42.4 Å². The van der Waals surface area contributed by atoms with Gasteiger partial charge in [-0.3, -0.25) is 4.79 Å². The van der Waals surface area contributed by atoms with E-state index in [1.54, 1.807) is 7.11 Å². The van der Waals surface area contributed by atoms with Crippen molar-refractivity contribution in [1.29, 1.82) is 0 Å². The van der Waals surface area contributed by atoms with Crippen LogP contribution in [0.3, 0.4) is 0 Å². The first-order chi connectivity index (χ1) is 10.3. The van der Waals surface area contributed by atoms with Crippen LogP contribution in [0.5, 0.6) is 5.75 Å². The van der Waals surface area contributed by atoms with E-state index in [1.807, 2.05) is 24.3 Å². The quantitative estimate of drug-likeness (QED) is 0.697. The number of methoxy groups -OCH3 is 1. The van der Waals surface area contributed by atoms with Crippen LogP contribution in [0.4, 0.5) is 0 Å². The maximum Gasteiger partial charge on any atom is 0.306 e. The first-order valence-electron chi connectivity index (χ1n) is 7.75. The lowest BCUT2D eigenvalue weighted by Crippen LogP contribution is -2.18. The number of rotatable bonds is 9. The van der Waals surface area contributed by atoms with E-state index in [9.17, 15) is 9.90 Å². The molecule has 1 aromatic rings. The van der Waals surface area contributed by atoms with Crippen molar-refractivity contribution < 1.29 is 19.4 Å². The van der Waals surface area contributed by atoms with Crippen LogP contribution in [0.1, 0.15) is 45.6 Å². The van der Waals surface area contributed by atoms with Crippen molar-refractivity contribution >= 4 is 5.97 Å². The molecule has 1 N–H and O–H groups in total. The van der Waals surface area contributed by atoms with Crippen LogP contribution in [-0.4, -0.2) is 24.8 Å². The van der Waals surface area contributed by atoms with Crippen LogP contribution in [0.15, 0.2) is 24.3 Å². The van der Waals surface area contributed by atoms with Crippen LogP contribution < -0.4 is 4.74 Å². The molecular formula is C18H28O4. The molecule has 0 saturated heterocycles. The van der Waals surface area contributed by atoms with Gasteiger partial charge in [-0.1, -0.05) is 32.9 Å². The van der Waals surface area contributed by atoms with Crippen LogP contribution in [-0.2, 0) is 16.1 Å². The van der Waals surface area contributed by atoms with E-state index < -0.39 is 5.97 Å². The molecule has 4 nitrogen and oxygen atoms in total. The Bertz CT molecular complexity index is 445. The Hall–Kier alpha value is -1.55. The fourth-order valence-electron chi connectivity index (χ4n) is 2.14. The van der Waals surface area contributed by atoms with Crippen molar-refractivity contribution in [2.24, 2.45) is 11.3 Å². The molecule has 1 rings (SSSR count). The Morgan fingerprint density at radius 1 is 1.18 bits per heavy atom. The number of benzene rings is 1. The Morgan fingerprint density at radius 3 is 2.32 bits per heavy atom. The number of carboxylic acids is 1. The Morgan fingerprint density at radius 2 is 1.82 bits per heavy atom. The zero-order chi connectivity index (χ0) is 16.6. The topological polar surface area (TPSA) is 55.8 Å². The zero-order valence-electron chi connectivity index (χ0n) is 14.1. The highest BCUT2D eigenvalue weighted by atomic mass is 16.5. The molecule has 1 atom stereocenters. The first-order valence-corrected chi connectivity index (χ1v) is 7.75. The molecule has 0 fully saturated rings. The number of aliphatic carboxylic acids is 1. The van der Waals surface area contributed by atoms with Gasteiger partial charge >= 0.3 is 5.97 Å². The summed E-state index contributed by atoms with van der Waals surface area (Å²) in [7, 11) is 1.63. The highest BCUT2D eigenvalue weighted by molar-refractivity contribution is 5.69. The van der Waals surface area contributed by atoms with Gasteiger partial charge in [0.25, 0.3) is 0 Å². The molecule has 0 saturated carbocycles. The molecule has 0 bridgehead atoms. The minimum Gasteiger partial charge on any atom is -0.497 e. The molecule has 0 aromatic heterocycles. The second-order valence-corrected chi connectivity index (χ2v) is 6.82. The monoisotopic (exact) mass is 308 g/mol. The van der Waals surface area contributed by atoms with Gasteiger partial charge in [0.2, 0.25) is 0 Å². The van der Waals surface area contributed by atoms with Crippen LogP contribution in [0.25, 0.3) is 0 Å². The van der Waals surface area contributed by atoms with E-state index >= 15 is 0 Å². The van der Waals surface area contributed by atoms with E-state index in [0.717, 1.165) is 17.7 Å². The largest absolute Gasteiger partial charge is 0.497 e. The molecule has 0 heterocycles. The highest BCUT2D eigenvalue weighted by Gasteiger charge is 2.20. The Balaban J connectivity index is 2.31. The molecule has 1 aromatic carbocycles. The fourth-order valence-corrected chi connectivity index (χ4v) is 2.14. The average molecular weight is 308 g/mol. The van der Waals surface area contributed by atoms with Crippen molar-refractivity contribution in [2.75, 3.05) is 13.7 Å². The van der Waals surface area contributed by atoms with Gasteiger partial charge in [0.1, 0.15) is 5.75 Å². The van der Waals surface area contributed by atoms with E-state index in [0.29, 0.717) is 26.1 Å². The fraction of sp³-hybridized carbons (Fsp3) is 0.611. The third-order valence-electron chi connectivity index (χ3n) is 3.63. The number of carboxylic acid groups (broad SMARTS) is 1. The van der Waals surface area contributed by atoms with Gasteiger partial charge in [-0.25, -0.2) is 0 Å². The molecule has 0 aliphatic heterocycles. The Labute approximate surface area is 133 Å². The number of carbonyl (C=O) groups is 1. The molecule has 0 aliphatic rings. The van der Waals surface area contributed by atoms with Crippen LogP contribution in [0, 0.1) is 11.3 Å². The van der Waals surface area contributed by atoms with Gasteiger partial charge in [0, 0.05) is 6.61 Å². The maximum absolute atomic E-state index is 11.3. The van der Waals surface area contributed by atoms with Crippen LogP contribution in [0.2, 0.25) is 0 Å². The standard InChI is InChI=1S/C18H28O4/c1-18(2,3)11-9-15(17(19)20)10-12-22-13-14-5-7-16(21-4)8-6-14/h5-8,15H,9-13H2,1-4H3,(H,19,20)/t15-/m0/s1. The summed E-state index contributed by atoms with van der Waals surface area (Å²) in [4.78, 5) is 11.3. The predicted octanol–water partition coefficient (Wildman–Crippen LogP) is 4.13. The molecule has 0 amide bonds. The molecule has 22 heavy (non-hydrogen) atoms. The van der Waals surface area contributed by atoms with Crippen molar-refractivity contribution in [3.8, 4) is 5.75 Å². The van der Waals surface area contributed by atoms with Gasteiger partial charge in [0.05, 0.1) is 19.6 Å². The number of ether oxygens (including phenoxy) is 2. The van der Waals surface area contributed by atoms with Crippen LogP contribution >= 0.6 is 0 Å². The second-order valence-electron chi connectivity index (χ2n) is 6.82. The van der Waals surface area contributed by atoms with E-state index in [4.69, 9.17) is 9.47 Å². The van der Waals surface area contributed by atoms with E-state index in [1.165, 1.54) is 0 Å². The normalized spacial score (nSPS) is 12.9. The predicted molar refractivity (Wildman–Crippen MR) is 87.1 cm³/mol. The minimum absolute atomic E-state index is 0.164. The SMILES string of the molecule is COc1ccc(COCC[C@H](CCC(C)(C)C)C(=O)O)cc1. The van der Waals surface area contributed by atoms with E-state index in [2.05, 4.69) is 20.8 Å². The summed E-state index contributed by atoms with van der Waals surface area (Å²) < 4.78 is 10.7. The van der Waals surface area contributed by atoms with Crippen molar-refractivity contribution in [3.63, 3.8) is 0 Å². The zero-order valence-corrected chi connectivity index (χ0v) is 14.1. The molecule has 124 valence electrons. The smallest absolute Gasteiger partial charge is 0.306 e. The second kappa shape index (κ2) is 8.79. The van der Waals surface area contributed by atoms with Crippen molar-refractivity contribution in [2.45, 2.75) is 46.6 Å².